The highest BCUT2D eigenvalue weighted by molar-refractivity contribution is 7.99. The molecule has 0 saturated carbocycles. The van der Waals surface area contributed by atoms with Crippen LogP contribution in [0.15, 0.2) is 24.3 Å². The number of anilines is 1. The second-order valence-electron chi connectivity index (χ2n) is 4.88. The number of aryl methyl sites for hydroxylation is 1. The average molecular weight is 310 g/mol. The van der Waals surface area contributed by atoms with Crippen LogP contribution >= 0.6 is 11.8 Å². The highest BCUT2D eigenvalue weighted by atomic mass is 32.2. The Balaban J connectivity index is 2.70. The molecule has 1 aromatic rings. The van der Waals surface area contributed by atoms with Gasteiger partial charge in [0.05, 0.1) is 0 Å². The van der Waals surface area contributed by atoms with Crippen LogP contribution in [0, 0.1) is 6.92 Å². The molecule has 0 saturated heterocycles. The van der Waals surface area contributed by atoms with Gasteiger partial charge >= 0.3 is 12.0 Å². The van der Waals surface area contributed by atoms with E-state index in [0.29, 0.717) is 17.5 Å². The topological polar surface area (TPSA) is 69.6 Å². The smallest absolute Gasteiger partial charge is 0.323 e. The number of nitrogens with one attached hydrogen (secondary N) is 1. The summed E-state index contributed by atoms with van der Waals surface area (Å²) in [4.78, 5) is 24.4. The minimum atomic E-state index is -1.04. The number of carbonyl (C=O) groups excluding carboxylic acids is 1. The van der Waals surface area contributed by atoms with Gasteiger partial charge in [-0.1, -0.05) is 24.6 Å². The Morgan fingerprint density at radius 3 is 2.48 bits per heavy atom. The maximum atomic E-state index is 12.2. The molecule has 5 nitrogen and oxygen atoms in total. The quantitative estimate of drug-likeness (QED) is 0.812. The van der Waals surface area contributed by atoms with Gasteiger partial charge in [0.2, 0.25) is 0 Å². The van der Waals surface area contributed by atoms with Crippen LogP contribution in [0.1, 0.15) is 18.9 Å². The first kappa shape index (κ1) is 17.4. The summed E-state index contributed by atoms with van der Waals surface area (Å²) >= 11 is 1.73. The van der Waals surface area contributed by atoms with Crippen LogP contribution in [0.3, 0.4) is 0 Å². The number of carboxylic acid groups (broad SMARTS) is 1. The zero-order valence-electron chi connectivity index (χ0n) is 12.6. The van der Waals surface area contributed by atoms with Gasteiger partial charge in [0, 0.05) is 17.5 Å². The van der Waals surface area contributed by atoms with Crippen molar-refractivity contribution in [2.75, 3.05) is 24.2 Å². The lowest BCUT2D eigenvalue weighted by Crippen LogP contribution is -2.43. The Kier molecular flexibility index (Phi) is 7.08. The third-order valence-corrected chi connectivity index (χ3v) is 4.15. The van der Waals surface area contributed by atoms with Crippen LogP contribution in [0.4, 0.5) is 10.5 Å². The summed E-state index contributed by atoms with van der Waals surface area (Å²) in [5.41, 5.74) is 1.64. The van der Waals surface area contributed by atoms with Crippen molar-refractivity contribution in [1.29, 1.82) is 0 Å². The van der Waals surface area contributed by atoms with Crippen LogP contribution in [0.5, 0.6) is 0 Å². The molecule has 1 unspecified atom stereocenters. The highest BCUT2D eigenvalue weighted by Gasteiger charge is 2.18. The first-order valence-corrected chi connectivity index (χ1v) is 8.09. The van der Waals surface area contributed by atoms with E-state index < -0.39 is 5.97 Å². The molecule has 2 amide bonds. The van der Waals surface area contributed by atoms with Crippen molar-refractivity contribution in [2.45, 2.75) is 25.5 Å². The number of carbonyl (C=O) groups is 2. The normalized spacial score (nSPS) is 11.8. The lowest BCUT2D eigenvalue weighted by molar-refractivity contribution is -0.135. The molecule has 1 rings (SSSR count). The van der Waals surface area contributed by atoms with Crippen molar-refractivity contribution in [3.05, 3.63) is 29.8 Å². The number of hydrogen-bond acceptors (Lipinski definition) is 3. The van der Waals surface area contributed by atoms with Gasteiger partial charge < -0.3 is 10.4 Å². The number of rotatable bonds is 7. The van der Waals surface area contributed by atoms with Crippen LogP contribution in [0.2, 0.25) is 0 Å². The Morgan fingerprint density at radius 2 is 1.95 bits per heavy atom. The molecule has 21 heavy (non-hydrogen) atoms. The maximum Gasteiger partial charge on any atom is 0.323 e. The summed E-state index contributed by atoms with van der Waals surface area (Å²) in [5, 5.41) is 12.2. The number of urea groups is 1. The van der Waals surface area contributed by atoms with Gasteiger partial charge in [-0.25, -0.2) is 4.79 Å². The number of benzene rings is 1. The molecule has 0 aliphatic carbocycles. The summed E-state index contributed by atoms with van der Waals surface area (Å²) in [6, 6.07) is 6.83. The Bertz CT molecular complexity index is 476. The molecule has 0 fully saturated rings. The second-order valence-corrected chi connectivity index (χ2v) is 6.16. The first-order chi connectivity index (χ1) is 9.93. The number of thioether (sulfide) groups is 1. The van der Waals surface area contributed by atoms with Crippen LogP contribution in [-0.2, 0) is 4.79 Å². The van der Waals surface area contributed by atoms with Gasteiger partial charge in [-0.2, -0.15) is 11.8 Å². The molecule has 1 aromatic carbocycles. The standard InChI is InChI=1S/C15H22N2O3S/c1-11-4-6-13(7-5-11)17(10-14(18)19)15(20)16-9-8-12(2)21-3/h4-7,12H,8-10H2,1-3H3,(H,16,20)(H,18,19). The third-order valence-electron chi connectivity index (χ3n) is 3.11. The van der Waals surface area contributed by atoms with Gasteiger partial charge in [0.1, 0.15) is 6.54 Å². The van der Waals surface area contributed by atoms with Crippen LogP contribution in [-0.4, -0.2) is 41.7 Å². The first-order valence-electron chi connectivity index (χ1n) is 6.80. The van der Waals surface area contributed by atoms with Gasteiger partial charge in [0.25, 0.3) is 0 Å². The third kappa shape index (κ3) is 6.08. The fourth-order valence-corrected chi connectivity index (χ4v) is 2.09. The predicted molar refractivity (Wildman–Crippen MR) is 87.2 cm³/mol. The summed E-state index contributed by atoms with van der Waals surface area (Å²) in [6.07, 6.45) is 2.87. The molecule has 0 spiro atoms. The zero-order valence-corrected chi connectivity index (χ0v) is 13.4. The minimum absolute atomic E-state index is 0.354. The van der Waals surface area contributed by atoms with E-state index in [4.69, 9.17) is 5.11 Å². The molecule has 6 heteroatoms. The highest BCUT2D eigenvalue weighted by Crippen LogP contribution is 2.15. The van der Waals surface area contributed by atoms with E-state index in [1.165, 1.54) is 4.90 Å². The Hall–Kier alpha value is -1.69. The van der Waals surface area contributed by atoms with Crippen molar-refractivity contribution in [3.63, 3.8) is 0 Å². The van der Waals surface area contributed by atoms with Crippen molar-refractivity contribution in [1.82, 2.24) is 5.32 Å². The molecule has 0 radical (unpaired) electrons. The van der Waals surface area contributed by atoms with Crippen molar-refractivity contribution < 1.29 is 14.7 Å². The molecular weight excluding hydrogens is 288 g/mol. The van der Waals surface area contributed by atoms with E-state index in [9.17, 15) is 9.59 Å². The number of hydrogen-bond donors (Lipinski definition) is 2. The molecule has 1 atom stereocenters. The molecule has 0 bridgehead atoms. The van der Waals surface area contributed by atoms with Crippen molar-refractivity contribution in [3.8, 4) is 0 Å². The number of amides is 2. The van der Waals surface area contributed by atoms with Gasteiger partial charge in [-0.3, -0.25) is 9.69 Å². The van der Waals surface area contributed by atoms with E-state index in [2.05, 4.69) is 12.2 Å². The molecule has 0 aromatic heterocycles. The summed E-state index contributed by atoms with van der Waals surface area (Å²) in [7, 11) is 0. The van der Waals surface area contributed by atoms with Gasteiger partial charge in [-0.05, 0) is 31.7 Å². The van der Waals surface area contributed by atoms with E-state index in [1.807, 2.05) is 25.3 Å². The average Bonchev–Trinajstić information content (AvgIpc) is 2.45. The van der Waals surface area contributed by atoms with Crippen LogP contribution in [0.25, 0.3) is 0 Å². The van der Waals surface area contributed by atoms with E-state index >= 15 is 0 Å². The van der Waals surface area contributed by atoms with Crippen LogP contribution < -0.4 is 10.2 Å². The van der Waals surface area contributed by atoms with Gasteiger partial charge in [0.15, 0.2) is 0 Å². The SMILES string of the molecule is CSC(C)CCNC(=O)N(CC(=O)O)c1ccc(C)cc1. The number of carboxylic acids is 1. The Labute approximate surface area is 129 Å². The molecule has 0 aliphatic heterocycles. The number of nitrogens with zero attached hydrogens (tertiary/aromatic N) is 1. The Morgan fingerprint density at radius 1 is 1.33 bits per heavy atom. The molecule has 2 N–H and O–H groups in total. The maximum absolute atomic E-state index is 12.2. The fraction of sp³-hybridized carbons (Fsp3) is 0.467. The van der Waals surface area contributed by atoms with E-state index in [1.54, 1.807) is 23.9 Å². The fourth-order valence-electron chi connectivity index (χ4n) is 1.74. The van der Waals surface area contributed by atoms with Crippen molar-refractivity contribution in [2.24, 2.45) is 0 Å². The van der Waals surface area contributed by atoms with Crippen molar-refractivity contribution >= 4 is 29.4 Å². The summed E-state index contributed by atoms with van der Waals surface area (Å²) in [6.45, 7) is 4.21. The summed E-state index contributed by atoms with van der Waals surface area (Å²) in [5.74, 6) is -1.04. The molecule has 116 valence electrons. The molecular formula is C15H22N2O3S. The minimum Gasteiger partial charge on any atom is -0.480 e. The van der Waals surface area contributed by atoms with E-state index in [0.717, 1.165) is 12.0 Å². The van der Waals surface area contributed by atoms with Gasteiger partial charge in [-0.15, -0.1) is 0 Å². The largest absolute Gasteiger partial charge is 0.480 e. The number of aliphatic carboxylic acids is 1. The lowest BCUT2D eigenvalue weighted by Gasteiger charge is -2.22. The van der Waals surface area contributed by atoms with E-state index in [-0.39, 0.29) is 12.6 Å². The lowest BCUT2D eigenvalue weighted by atomic mass is 10.2. The molecule has 0 aliphatic rings. The monoisotopic (exact) mass is 310 g/mol. The summed E-state index contributed by atoms with van der Waals surface area (Å²) < 4.78 is 0. The predicted octanol–water partition coefficient (Wildman–Crippen LogP) is 2.74. The second kappa shape index (κ2) is 8.56. The zero-order chi connectivity index (χ0) is 15.8. The molecule has 0 heterocycles.